The van der Waals surface area contributed by atoms with Crippen LogP contribution in [0.15, 0.2) is 115 Å². The Morgan fingerprint density at radius 3 is 1.83 bits per heavy atom. The van der Waals surface area contributed by atoms with Crippen molar-refractivity contribution in [3.05, 3.63) is 138 Å². The third-order valence-corrected chi connectivity index (χ3v) is 8.23. The van der Waals surface area contributed by atoms with E-state index < -0.39 is 35.3 Å². The number of amides is 1. The molecule has 0 saturated carbocycles. The van der Waals surface area contributed by atoms with Crippen molar-refractivity contribution in [3.63, 3.8) is 0 Å². The summed E-state index contributed by atoms with van der Waals surface area (Å²) < 4.78 is 12.3. The highest BCUT2D eigenvalue weighted by Gasteiger charge is 2.52. The number of anilines is 1. The highest BCUT2D eigenvalue weighted by Crippen LogP contribution is 2.53. The van der Waals surface area contributed by atoms with E-state index in [0.717, 1.165) is 22.3 Å². The number of esters is 1. The van der Waals surface area contributed by atoms with Gasteiger partial charge in [0.25, 0.3) is 0 Å². The Hall–Kier alpha value is -4.42. The second-order valence-electron chi connectivity index (χ2n) is 14.0. The molecule has 46 heavy (non-hydrogen) atoms. The first kappa shape index (κ1) is 33.0. The van der Waals surface area contributed by atoms with Crippen LogP contribution >= 0.6 is 0 Å². The van der Waals surface area contributed by atoms with Crippen LogP contribution in [0.5, 0.6) is 0 Å². The number of benzene rings is 4. The molecule has 0 N–H and O–H groups in total. The lowest BCUT2D eigenvalue weighted by atomic mass is 9.76. The van der Waals surface area contributed by atoms with Crippen LogP contribution in [-0.2, 0) is 20.8 Å². The van der Waals surface area contributed by atoms with E-state index in [0.29, 0.717) is 12.2 Å². The van der Waals surface area contributed by atoms with Gasteiger partial charge in [-0.25, -0.2) is 4.79 Å². The number of fused-ring (bicyclic) bond motifs is 1. The number of rotatable bonds is 7. The molecule has 1 amide bonds. The molecule has 0 radical (unpaired) electrons. The third-order valence-electron chi connectivity index (χ3n) is 8.23. The zero-order valence-electron chi connectivity index (χ0n) is 28.0. The maximum atomic E-state index is 14.8. The van der Waals surface area contributed by atoms with Gasteiger partial charge >= 0.3 is 12.1 Å². The molecule has 5 rings (SSSR count). The zero-order chi connectivity index (χ0) is 33.1. The minimum absolute atomic E-state index is 0.0890. The lowest BCUT2D eigenvalue weighted by Gasteiger charge is -2.50. The average molecular weight is 619 g/mol. The molecule has 0 fully saturated rings. The number of carbonyl (C=O) groups excluding carboxylic acids is 2. The van der Waals surface area contributed by atoms with E-state index in [9.17, 15) is 9.59 Å². The molecule has 1 aliphatic heterocycles. The van der Waals surface area contributed by atoms with Crippen LogP contribution in [0.25, 0.3) is 0 Å². The second-order valence-corrected chi connectivity index (χ2v) is 14.0. The van der Waals surface area contributed by atoms with E-state index in [1.54, 1.807) is 4.90 Å². The van der Waals surface area contributed by atoms with Crippen molar-refractivity contribution < 1.29 is 19.1 Å². The van der Waals surface area contributed by atoms with Gasteiger partial charge in [0.15, 0.2) is 0 Å². The molecule has 4 aromatic carbocycles. The van der Waals surface area contributed by atoms with Gasteiger partial charge in [-0.15, -0.1) is 0 Å². The van der Waals surface area contributed by atoms with Crippen molar-refractivity contribution in [2.45, 2.75) is 84.3 Å². The summed E-state index contributed by atoms with van der Waals surface area (Å²) in [4.78, 5) is 33.1. The summed E-state index contributed by atoms with van der Waals surface area (Å²) in [6.45, 7) is 14.0. The van der Waals surface area contributed by atoms with E-state index in [4.69, 9.17) is 9.47 Å². The Kier molecular flexibility index (Phi) is 9.68. The Bertz CT molecular complexity index is 1610. The van der Waals surface area contributed by atoms with E-state index in [1.807, 2.05) is 133 Å². The quantitative estimate of drug-likeness (QED) is 0.193. The summed E-state index contributed by atoms with van der Waals surface area (Å²) in [6, 6.07) is 37.1. The first-order chi connectivity index (χ1) is 21.8. The predicted molar refractivity (Wildman–Crippen MR) is 183 cm³/mol. The summed E-state index contributed by atoms with van der Waals surface area (Å²) in [5.41, 5.74) is 3.18. The van der Waals surface area contributed by atoms with Gasteiger partial charge < -0.3 is 9.47 Å². The van der Waals surface area contributed by atoms with Gasteiger partial charge in [-0.1, -0.05) is 109 Å². The van der Waals surface area contributed by atoms with E-state index >= 15 is 0 Å². The fourth-order valence-electron chi connectivity index (χ4n) is 6.37. The lowest BCUT2D eigenvalue weighted by molar-refractivity contribution is -0.165. The molecule has 6 heteroatoms. The van der Waals surface area contributed by atoms with Crippen LogP contribution < -0.4 is 4.90 Å². The Balaban J connectivity index is 1.80. The van der Waals surface area contributed by atoms with Gasteiger partial charge in [0.1, 0.15) is 17.1 Å². The van der Waals surface area contributed by atoms with Crippen molar-refractivity contribution in [3.8, 4) is 0 Å². The highest BCUT2D eigenvalue weighted by atomic mass is 16.6. The third kappa shape index (κ3) is 7.51. The number of hydrogen-bond acceptors (Lipinski definition) is 5. The molecule has 0 aliphatic carbocycles. The van der Waals surface area contributed by atoms with E-state index in [-0.39, 0.29) is 12.0 Å². The van der Waals surface area contributed by atoms with Crippen molar-refractivity contribution in [2.75, 3.05) is 4.90 Å². The first-order valence-corrected chi connectivity index (χ1v) is 16.1. The van der Waals surface area contributed by atoms with Crippen molar-refractivity contribution in [1.82, 2.24) is 4.90 Å². The van der Waals surface area contributed by atoms with Crippen molar-refractivity contribution in [1.29, 1.82) is 0 Å². The van der Waals surface area contributed by atoms with Crippen LogP contribution in [0, 0.1) is 5.92 Å². The summed E-state index contributed by atoms with van der Waals surface area (Å²) in [6.07, 6.45) is -0.508. The number of hydrogen-bond donors (Lipinski definition) is 0. The minimum Gasteiger partial charge on any atom is -0.460 e. The Morgan fingerprint density at radius 1 is 0.717 bits per heavy atom. The van der Waals surface area contributed by atoms with Crippen LogP contribution in [0.2, 0.25) is 0 Å². The van der Waals surface area contributed by atoms with Gasteiger partial charge in [-0.3, -0.25) is 14.6 Å². The summed E-state index contributed by atoms with van der Waals surface area (Å²) >= 11 is 0. The molecule has 1 aliphatic rings. The van der Waals surface area contributed by atoms with Gasteiger partial charge in [0.2, 0.25) is 0 Å². The molecule has 1 heterocycles. The zero-order valence-corrected chi connectivity index (χ0v) is 28.0. The number of carbonyl (C=O) groups is 2. The molecule has 0 unspecified atom stereocenters. The van der Waals surface area contributed by atoms with Crippen molar-refractivity contribution >= 4 is 17.7 Å². The largest absolute Gasteiger partial charge is 0.460 e. The maximum Gasteiger partial charge on any atom is 0.415 e. The smallest absolute Gasteiger partial charge is 0.415 e. The predicted octanol–water partition coefficient (Wildman–Crippen LogP) is 9.45. The van der Waals surface area contributed by atoms with Crippen molar-refractivity contribution in [2.24, 2.45) is 5.92 Å². The number of para-hydroxylation sites is 1. The number of nitrogens with zero attached hydrogens (tertiary/aromatic N) is 2. The fraction of sp³-hybridized carbons (Fsp3) is 0.350. The Morgan fingerprint density at radius 2 is 1.24 bits per heavy atom. The van der Waals surface area contributed by atoms with Crippen LogP contribution in [0.3, 0.4) is 0 Å². The molecule has 0 aromatic heterocycles. The molecule has 4 atom stereocenters. The maximum absolute atomic E-state index is 14.8. The summed E-state index contributed by atoms with van der Waals surface area (Å²) in [5, 5.41) is 0. The highest BCUT2D eigenvalue weighted by molar-refractivity contribution is 5.93. The molecule has 0 saturated heterocycles. The molecular weight excluding hydrogens is 572 g/mol. The monoisotopic (exact) mass is 618 g/mol. The average Bonchev–Trinajstić information content (AvgIpc) is 3.02. The summed E-state index contributed by atoms with van der Waals surface area (Å²) in [5.74, 6) is -1.16. The van der Waals surface area contributed by atoms with Gasteiger partial charge in [-0.2, -0.15) is 0 Å². The molecule has 0 bridgehead atoms. The summed E-state index contributed by atoms with van der Waals surface area (Å²) in [7, 11) is 0. The van der Waals surface area contributed by atoms with Crippen LogP contribution in [-0.4, -0.2) is 28.2 Å². The van der Waals surface area contributed by atoms with E-state index in [2.05, 4.69) is 36.1 Å². The van der Waals surface area contributed by atoms with Crippen LogP contribution in [0.1, 0.15) is 88.8 Å². The minimum atomic E-state index is -0.793. The topological polar surface area (TPSA) is 59.1 Å². The fourth-order valence-corrected chi connectivity index (χ4v) is 6.37. The molecule has 0 spiro atoms. The standard InChI is InChI=1S/C40H46N2O4/c1-28(30-21-13-9-14-22-30)41(27-29-19-11-8-12-20-29)36-32-25-17-18-26-33(32)42(38(44)46-40(5,6)7)35(31-23-15-10-16-24-31)34(36)37(43)45-39(2,3)4/h8-26,28,34-36H,27H2,1-7H3/t28-,34-,35+,36-/m1/s1. The van der Waals surface area contributed by atoms with Crippen LogP contribution in [0.4, 0.5) is 10.5 Å². The first-order valence-electron chi connectivity index (χ1n) is 16.1. The molecule has 4 aromatic rings. The van der Waals surface area contributed by atoms with Gasteiger partial charge in [0.05, 0.1) is 17.8 Å². The normalized spacial score (nSPS) is 18.9. The molecule has 240 valence electrons. The van der Waals surface area contributed by atoms with Gasteiger partial charge in [0, 0.05) is 12.6 Å². The molecular formula is C40H46N2O4. The number of ether oxygens (including phenoxy) is 2. The Labute approximate surface area is 274 Å². The second kappa shape index (κ2) is 13.5. The van der Waals surface area contributed by atoms with Gasteiger partial charge in [-0.05, 0) is 76.8 Å². The SMILES string of the molecule is C[C@H](c1ccccc1)N(Cc1ccccc1)[C@@H]1c2ccccc2N(C(=O)OC(C)(C)C)[C@@H](c2ccccc2)[C@H]1C(=O)OC(C)(C)C. The molecule has 6 nitrogen and oxygen atoms in total. The van der Waals surface area contributed by atoms with E-state index in [1.165, 1.54) is 0 Å². The lowest BCUT2D eigenvalue weighted by Crippen LogP contribution is -2.53.